The lowest BCUT2D eigenvalue weighted by Crippen LogP contribution is -2.52. The number of fused-ring (bicyclic) bond motifs is 2. The van der Waals surface area contributed by atoms with Gasteiger partial charge in [-0.2, -0.15) is 0 Å². The third kappa shape index (κ3) is 3.54. The summed E-state index contributed by atoms with van der Waals surface area (Å²) in [6, 6.07) is 12.1. The summed E-state index contributed by atoms with van der Waals surface area (Å²) in [6.45, 7) is 9.48. The van der Waals surface area contributed by atoms with Gasteiger partial charge in [-0.1, -0.05) is 13.8 Å². The van der Waals surface area contributed by atoms with E-state index in [4.69, 9.17) is 4.42 Å². The van der Waals surface area contributed by atoms with Crippen molar-refractivity contribution < 1.29 is 14.4 Å². The van der Waals surface area contributed by atoms with Crippen molar-refractivity contribution in [2.24, 2.45) is 0 Å². The third-order valence-electron chi connectivity index (χ3n) is 7.03. The monoisotopic (exact) mass is 463 g/mol. The second-order valence-electron chi connectivity index (χ2n) is 9.09. The molecule has 34 heavy (non-hydrogen) atoms. The highest BCUT2D eigenvalue weighted by Crippen LogP contribution is 2.51. The Balaban J connectivity index is 1.73. The van der Waals surface area contributed by atoms with Crippen LogP contribution in [0.1, 0.15) is 38.8 Å². The Bertz CT molecular complexity index is 1360. The summed E-state index contributed by atoms with van der Waals surface area (Å²) >= 11 is 0. The van der Waals surface area contributed by atoms with Crippen molar-refractivity contribution in [1.29, 1.82) is 0 Å². The number of non-ortho nitro benzene ring substituents is 1. The maximum atomic E-state index is 12.7. The van der Waals surface area contributed by atoms with E-state index in [1.807, 2.05) is 32.0 Å². The zero-order valence-electron chi connectivity index (χ0n) is 20.0. The molecule has 1 atom stereocenters. The number of nitro benzene ring substituents is 1. The molecule has 3 aromatic rings. The highest BCUT2D eigenvalue weighted by atomic mass is 16.6. The van der Waals surface area contributed by atoms with E-state index in [1.54, 1.807) is 36.2 Å². The van der Waals surface area contributed by atoms with Gasteiger partial charge in [-0.3, -0.25) is 10.1 Å². The first-order valence-corrected chi connectivity index (χ1v) is 11.3. The number of nitro groups is 1. The van der Waals surface area contributed by atoms with Crippen LogP contribution in [0.15, 0.2) is 57.8 Å². The lowest BCUT2D eigenvalue weighted by molar-refractivity contribution is -0.384. The molecule has 0 saturated heterocycles. The van der Waals surface area contributed by atoms with Crippen LogP contribution in [0.25, 0.3) is 17.0 Å². The van der Waals surface area contributed by atoms with Gasteiger partial charge >= 0.3 is 5.63 Å². The van der Waals surface area contributed by atoms with Gasteiger partial charge in [0.25, 0.3) is 5.69 Å². The van der Waals surface area contributed by atoms with Gasteiger partial charge in [0.1, 0.15) is 5.58 Å². The minimum atomic E-state index is -1.52. The molecule has 1 unspecified atom stereocenters. The van der Waals surface area contributed by atoms with Crippen molar-refractivity contribution in [3.63, 3.8) is 0 Å². The van der Waals surface area contributed by atoms with Gasteiger partial charge in [-0.25, -0.2) is 4.79 Å². The highest BCUT2D eigenvalue weighted by molar-refractivity contribution is 5.82. The van der Waals surface area contributed by atoms with Gasteiger partial charge in [0.05, 0.1) is 10.5 Å². The molecule has 0 spiro atoms. The molecule has 0 fully saturated rings. The Hall–Kier alpha value is -3.65. The first kappa shape index (κ1) is 23.5. The van der Waals surface area contributed by atoms with Crippen molar-refractivity contribution in [3.05, 3.63) is 80.2 Å². The number of aliphatic hydroxyl groups is 1. The average Bonchev–Trinajstić information content (AvgIpc) is 2.96. The van der Waals surface area contributed by atoms with E-state index in [1.165, 1.54) is 12.1 Å². The second kappa shape index (κ2) is 8.29. The van der Waals surface area contributed by atoms with E-state index in [2.05, 4.69) is 18.7 Å². The Kier molecular flexibility index (Phi) is 5.73. The molecule has 2 heterocycles. The molecular weight excluding hydrogens is 434 g/mol. The maximum absolute atomic E-state index is 12.7. The van der Waals surface area contributed by atoms with E-state index in [9.17, 15) is 20.0 Å². The molecule has 1 N–H and O–H groups in total. The molecule has 2 aromatic carbocycles. The molecule has 0 saturated carbocycles. The summed E-state index contributed by atoms with van der Waals surface area (Å²) in [7, 11) is 1.72. The Morgan fingerprint density at radius 3 is 2.50 bits per heavy atom. The Morgan fingerprint density at radius 1 is 1.15 bits per heavy atom. The molecule has 0 aliphatic carbocycles. The third-order valence-corrected chi connectivity index (χ3v) is 7.03. The van der Waals surface area contributed by atoms with Gasteiger partial charge < -0.3 is 19.3 Å². The fraction of sp³-hybridized carbons (Fsp3) is 0.346. The highest BCUT2D eigenvalue weighted by Gasteiger charge is 2.53. The van der Waals surface area contributed by atoms with Crippen LogP contribution in [0.2, 0.25) is 0 Å². The van der Waals surface area contributed by atoms with Gasteiger partial charge in [-0.05, 0) is 55.8 Å². The summed E-state index contributed by atoms with van der Waals surface area (Å²) in [5, 5.41) is 23.7. The van der Waals surface area contributed by atoms with E-state index < -0.39 is 21.7 Å². The van der Waals surface area contributed by atoms with Crippen molar-refractivity contribution >= 4 is 34.1 Å². The Morgan fingerprint density at radius 2 is 1.85 bits per heavy atom. The van der Waals surface area contributed by atoms with Crippen LogP contribution in [0.4, 0.5) is 17.1 Å². The minimum Gasteiger partial charge on any atom is -0.422 e. The van der Waals surface area contributed by atoms with Crippen LogP contribution in [-0.4, -0.2) is 35.9 Å². The number of anilines is 2. The summed E-state index contributed by atoms with van der Waals surface area (Å²) in [4.78, 5) is 27.4. The molecule has 0 amide bonds. The molecule has 8 nitrogen and oxygen atoms in total. The topological polar surface area (TPSA) is 100 Å². The molecule has 1 aliphatic heterocycles. The molecule has 178 valence electrons. The fourth-order valence-electron chi connectivity index (χ4n) is 4.78. The number of rotatable bonds is 6. The van der Waals surface area contributed by atoms with E-state index >= 15 is 0 Å². The molecule has 0 bridgehead atoms. The minimum absolute atomic E-state index is 0.0345. The van der Waals surface area contributed by atoms with Gasteiger partial charge in [0.15, 0.2) is 5.72 Å². The van der Waals surface area contributed by atoms with Crippen molar-refractivity contribution in [1.82, 2.24) is 0 Å². The number of hydrogen-bond donors (Lipinski definition) is 1. The summed E-state index contributed by atoms with van der Waals surface area (Å²) in [5.41, 5.74) is 0.213. The maximum Gasteiger partial charge on any atom is 0.343 e. The molecular formula is C26H29N3O5. The molecule has 8 heteroatoms. The van der Waals surface area contributed by atoms with Crippen LogP contribution >= 0.6 is 0 Å². The normalized spacial score (nSPS) is 19.1. The Labute approximate surface area is 197 Å². The fourth-order valence-corrected chi connectivity index (χ4v) is 4.78. The SMILES string of the molecule is CCN(CC)c1ccc2cc(/C=C/C3(O)N(C)c4ccc([N+](=O)[O-])cc4C3(C)C)c(=O)oc2c1. The van der Waals surface area contributed by atoms with Crippen LogP contribution < -0.4 is 15.4 Å². The first-order valence-electron chi connectivity index (χ1n) is 11.3. The summed E-state index contributed by atoms with van der Waals surface area (Å²) in [5.74, 6) is 0. The van der Waals surface area contributed by atoms with E-state index in [0.717, 1.165) is 24.2 Å². The predicted octanol–water partition coefficient (Wildman–Crippen LogP) is 4.68. The quantitative estimate of drug-likeness (QED) is 0.322. The molecule has 1 aromatic heterocycles. The number of benzene rings is 2. The number of hydrogen-bond acceptors (Lipinski definition) is 7. The summed E-state index contributed by atoms with van der Waals surface area (Å²) in [6.07, 6.45) is 3.11. The number of nitrogens with zero attached hydrogens (tertiary/aromatic N) is 3. The summed E-state index contributed by atoms with van der Waals surface area (Å²) < 4.78 is 5.60. The van der Waals surface area contributed by atoms with Crippen LogP contribution in [0.3, 0.4) is 0 Å². The van der Waals surface area contributed by atoms with Crippen LogP contribution in [0.5, 0.6) is 0 Å². The van der Waals surface area contributed by atoms with Gasteiger partial charge in [-0.15, -0.1) is 0 Å². The standard InChI is InChI=1S/C26H29N3O5/c1-6-28(7-2)19-9-8-17-14-18(24(30)34-23(17)16-19)12-13-26(31)25(3,4)21-15-20(29(32)33)10-11-22(21)27(26)5/h8-16,31H,6-7H2,1-5H3/b13-12+. The predicted molar refractivity (Wildman–Crippen MR) is 135 cm³/mol. The van der Waals surface area contributed by atoms with Crippen LogP contribution in [-0.2, 0) is 5.41 Å². The van der Waals surface area contributed by atoms with E-state index in [0.29, 0.717) is 22.4 Å². The molecule has 1 aliphatic rings. The molecule has 0 radical (unpaired) electrons. The lowest BCUT2D eigenvalue weighted by Gasteiger charge is -2.39. The van der Waals surface area contributed by atoms with Crippen molar-refractivity contribution in [3.8, 4) is 0 Å². The average molecular weight is 464 g/mol. The molecule has 4 rings (SSSR count). The van der Waals surface area contributed by atoms with Gasteiger partial charge in [0.2, 0.25) is 0 Å². The van der Waals surface area contributed by atoms with Crippen LogP contribution in [0, 0.1) is 10.1 Å². The zero-order valence-corrected chi connectivity index (χ0v) is 20.0. The second-order valence-corrected chi connectivity index (χ2v) is 9.09. The zero-order chi connectivity index (χ0) is 24.8. The van der Waals surface area contributed by atoms with Crippen molar-refractivity contribution in [2.45, 2.75) is 38.8 Å². The lowest BCUT2D eigenvalue weighted by atomic mass is 9.77. The first-order chi connectivity index (χ1) is 16.0. The number of likely N-dealkylation sites (N-methyl/N-ethyl adjacent to an activating group) is 1. The van der Waals surface area contributed by atoms with Crippen molar-refractivity contribution in [2.75, 3.05) is 29.9 Å². The van der Waals surface area contributed by atoms with E-state index in [-0.39, 0.29) is 5.69 Å². The smallest absolute Gasteiger partial charge is 0.343 e. The largest absolute Gasteiger partial charge is 0.422 e. The van der Waals surface area contributed by atoms with Gasteiger partial charge in [0, 0.05) is 60.5 Å².